The van der Waals surface area contributed by atoms with Gasteiger partial charge in [0.25, 0.3) is 0 Å². The van der Waals surface area contributed by atoms with Crippen LogP contribution in [0.2, 0.25) is 0 Å². The summed E-state index contributed by atoms with van der Waals surface area (Å²) in [4.78, 5) is 12.3. The number of amides is 2. The highest BCUT2D eigenvalue weighted by atomic mass is 16.3. The normalized spacial score (nSPS) is 20.2. The van der Waals surface area contributed by atoms with Crippen LogP contribution in [-0.4, -0.2) is 27.0 Å². The first-order valence-corrected chi connectivity index (χ1v) is 7.74. The van der Waals surface area contributed by atoms with Gasteiger partial charge in [0.2, 0.25) is 0 Å². The van der Waals surface area contributed by atoms with Crippen molar-refractivity contribution in [3.8, 4) is 0 Å². The van der Waals surface area contributed by atoms with Crippen LogP contribution in [0, 0.1) is 0 Å². The lowest BCUT2D eigenvalue weighted by Crippen LogP contribution is -2.38. The van der Waals surface area contributed by atoms with Gasteiger partial charge < -0.3 is 10.4 Å². The van der Waals surface area contributed by atoms with Crippen molar-refractivity contribution in [2.45, 2.75) is 44.9 Å². The summed E-state index contributed by atoms with van der Waals surface area (Å²) >= 11 is 0. The van der Waals surface area contributed by atoms with Crippen LogP contribution in [0.3, 0.4) is 0 Å². The predicted octanol–water partition coefficient (Wildman–Crippen LogP) is 2.42. The van der Waals surface area contributed by atoms with Crippen molar-refractivity contribution in [1.29, 1.82) is 0 Å². The first kappa shape index (κ1) is 15.6. The number of aliphatic hydroxyl groups excluding tert-OH is 1. The summed E-state index contributed by atoms with van der Waals surface area (Å²) in [6, 6.07) is 8.79. The molecule has 3 N–H and O–H groups in total. The highest BCUT2D eigenvalue weighted by Crippen LogP contribution is 2.31. The molecule has 1 aromatic heterocycles. The minimum atomic E-state index is -0.606. The lowest BCUT2D eigenvalue weighted by molar-refractivity contribution is 0.144. The molecule has 0 fully saturated rings. The molecule has 6 heteroatoms. The van der Waals surface area contributed by atoms with E-state index in [2.05, 4.69) is 15.7 Å². The third-order valence-corrected chi connectivity index (χ3v) is 4.01. The minimum absolute atomic E-state index is 0.231. The molecule has 2 aromatic rings. The number of hydrogen-bond acceptors (Lipinski definition) is 3. The monoisotopic (exact) mass is 314 g/mol. The second-order valence-electron chi connectivity index (χ2n) is 6.85. The van der Waals surface area contributed by atoms with Crippen LogP contribution >= 0.6 is 0 Å². The fraction of sp³-hybridized carbons (Fsp3) is 0.412. The Morgan fingerprint density at radius 2 is 2.04 bits per heavy atom. The Morgan fingerprint density at radius 3 is 2.78 bits per heavy atom. The molecule has 0 radical (unpaired) electrons. The maximum absolute atomic E-state index is 12.3. The SMILES string of the molecule is CC(C)(C)n1nccc1NC(=O)N[C@H]1c2ccccc2C[C@@H]1O. The molecule has 0 saturated heterocycles. The van der Waals surface area contributed by atoms with Gasteiger partial charge in [-0.3, -0.25) is 5.32 Å². The largest absolute Gasteiger partial charge is 0.390 e. The summed E-state index contributed by atoms with van der Waals surface area (Å²) < 4.78 is 1.76. The van der Waals surface area contributed by atoms with Gasteiger partial charge in [-0.2, -0.15) is 5.10 Å². The maximum atomic E-state index is 12.3. The van der Waals surface area contributed by atoms with Crippen LogP contribution in [0.1, 0.15) is 37.9 Å². The smallest absolute Gasteiger partial charge is 0.320 e. The molecular weight excluding hydrogens is 292 g/mol. The molecular formula is C17H22N4O2. The molecule has 1 aliphatic rings. The van der Waals surface area contributed by atoms with Crippen LogP contribution in [0.15, 0.2) is 36.5 Å². The predicted molar refractivity (Wildman–Crippen MR) is 88.3 cm³/mol. The van der Waals surface area contributed by atoms with E-state index in [-0.39, 0.29) is 11.6 Å². The Hall–Kier alpha value is -2.34. The lowest BCUT2D eigenvalue weighted by Gasteiger charge is -2.23. The quantitative estimate of drug-likeness (QED) is 0.796. The molecule has 1 aliphatic carbocycles. The number of hydrogen-bond donors (Lipinski definition) is 3. The van der Waals surface area contributed by atoms with E-state index in [1.165, 1.54) is 0 Å². The first-order valence-electron chi connectivity index (χ1n) is 7.74. The van der Waals surface area contributed by atoms with E-state index < -0.39 is 12.1 Å². The number of benzene rings is 1. The van der Waals surface area contributed by atoms with Crippen LogP contribution in [0.4, 0.5) is 10.6 Å². The number of rotatable bonds is 2. The molecule has 0 saturated carbocycles. The standard InChI is InChI=1S/C17H22N4O2/c1-17(2,3)21-14(8-9-18-21)19-16(23)20-15-12-7-5-4-6-11(12)10-13(15)22/h4-9,13,15,22H,10H2,1-3H3,(H2,19,20,23)/t13-,15-/m0/s1. The molecule has 0 aliphatic heterocycles. The number of fused-ring (bicyclic) bond motifs is 1. The maximum Gasteiger partial charge on any atom is 0.320 e. The number of nitrogens with one attached hydrogen (secondary N) is 2. The van der Waals surface area contributed by atoms with E-state index in [4.69, 9.17) is 0 Å². The highest BCUT2D eigenvalue weighted by molar-refractivity contribution is 5.88. The van der Waals surface area contributed by atoms with Crippen molar-refractivity contribution >= 4 is 11.8 Å². The van der Waals surface area contributed by atoms with Gasteiger partial charge in [-0.25, -0.2) is 9.48 Å². The third kappa shape index (κ3) is 3.07. The van der Waals surface area contributed by atoms with Gasteiger partial charge in [-0.1, -0.05) is 24.3 Å². The molecule has 0 bridgehead atoms. The zero-order chi connectivity index (χ0) is 16.6. The summed E-state index contributed by atoms with van der Waals surface area (Å²) in [7, 11) is 0. The van der Waals surface area contributed by atoms with E-state index in [1.807, 2.05) is 45.0 Å². The van der Waals surface area contributed by atoms with Crippen molar-refractivity contribution in [3.63, 3.8) is 0 Å². The molecule has 6 nitrogen and oxygen atoms in total. The Labute approximate surface area is 135 Å². The molecule has 1 heterocycles. The van der Waals surface area contributed by atoms with Gasteiger partial charge in [0, 0.05) is 12.5 Å². The fourth-order valence-corrected chi connectivity index (χ4v) is 2.97. The van der Waals surface area contributed by atoms with Crippen molar-refractivity contribution < 1.29 is 9.90 Å². The van der Waals surface area contributed by atoms with E-state index in [9.17, 15) is 9.90 Å². The Balaban J connectivity index is 1.73. The fourth-order valence-electron chi connectivity index (χ4n) is 2.97. The van der Waals surface area contributed by atoms with Gasteiger partial charge in [0.05, 0.1) is 23.9 Å². The zero-order valence-corrected chi connectivity index (χ0v) is 13.6. The Morgan fingerprint density at radius 1 is 1.30 bits per heavy atom. The van der Waals surface area contributed by atoms with Crippen LogP contribution in [0.5, 0.6) is 0 Å². The molecule has 23 heavy (non-hydrogen) atoms. The van der Waals surface area contributed by atoms with Gasteiger partial charge in [0.15, 0.2) is 0 Å². The number of aromatic nitrogens is 2. The third-order valence-electron chi connectivity index (χ3n) is 4.01. The number of carbonyl (C=O) groups excluding carboxylic acids is 1. The van der Waals surface area contributed by atoms with Crippen molar-refractivity contribution in [2.75, 3.05) is 5.32 Å². The molecule has 1 aromatic carbocycles. The van der Waals surface area contributed by atoms with Crippen LogP contribution < -0.4 is 10.6 Å². The molecule has 3 rings (SSSR count). The van der Waals surface area contributed by atoms with Gasteiger partial charge >= 0.3 is 6.03 Å². The number of nitrogens with zero attached hydrogens (tertiary/aromatic N) is 2. The average Bonchev–Trinajstić information content (AvgIpc) is 3.04. The van der Waals surface area contributed by atoms with E-state index in [0.29, 0.717) is 12.2 Å². The lowest BCUT2D eigenvalue weighted by atomic mass is 10.1. The molecule has 122 valence electrons. The molecule has 2 atom stereocenters. The summed E-state index contributed by atoms with van der Waals surface area (Å²) in [6.07, 6.45) is 1.60. The number of carbonyl (C=O) groups is 1. The first-order chi connectivity index (χ1) is 10.9. The summed E-state index contributed by atoms with van der Waals surface area (Å²) in [5.41, 5.74) is 1.82. The second kappa shape index (κ2) is 5.70. The topological polar surface area (TPSA) is 79.2 Å². The second-order valence-corrected chi connectivity index (χ2v) is 6.85. The van der Waals surface area contributed by atoms with Crippen molar-refractivity contribution in [1.82, 2.24) is 15.1 Å². The van der Waals surface area contributed by atoms with Crippen molar-refractivity contribution in [3.05, 3.63) is 47.7 Å². The number of anilines is 1. The molecule has 0 unspecified atom stereocenters. The molecule has 0 spiro atoms. The average molecular weight is 314 g/mol. The summed E-state index contributed by atoms with van der Waals surface area (Å²) in [5, 5.41) is 20.1. The summed E-state index contributed by atoms with van der Waals surface area (Å²) in [5.74, 6) is 0.621. The zero-order valence-electron chi connectivity index (χ0n) is 13.6. The minimum Gasteiger partial charge on any atom is -0.390 e. The Bertz CT molecular complexity index is 717. The van der Waals surface area contributed by atoms with Gasteiger partial charge in [-0.05, 0) is 31.9 Å². The highest BCUT2D eigenvalue weighted by Gasteiger charge is 2.32. The van der Waals surface area contributed by atoms with Crippen LogP contribution in [-0.2, 0) is 12.0 Å². The van der Waals surface area contributed by atoms with E-state index in [0.717, 1.165) is 11.1 Å². The van der Waals surface area contributed by atoms with Crippen molar-refractivity contribution in [2.24, 2.45) is 0 Å². The van der Waals surface area contributed by atoms with Gasteiger partial charge in [0.1, 0.15) is 5.82 Å². The molecule has 2 amide bonds. The summed E-state index contributed by atoms with van der Waals surface area (Å²) in [6.45, 7) is 6.04. The van der Waals surface area contributed by atoms with E-state index in [1.54, 1.807) is 16.9 Å². The Kier molecular flexibility index (Phi) is 3.85. The van der Waals surface area contributed by atoms with Gasteiger partial charge in [-0.15, -0.1) is 0 Å². The number of urea groups is 1. The van der Waals surface area contributed by atoms with E-state index >= 15 is 0 Å². The van der Waals surface area contributed by atoms with Crippen LogP contribution in [0.25, 0.3) is 0 Å². The number of aliphatic hydroxyl groups is 1.